The molecule has 2 heterocycles. The monoisotopic (exact) mass is 407 g/mol. The van der Waals surface area contributed by atoms with Crippen molar-refractivity contribution in [2.24, 2.45) is 0 Å². The molecule has 1 atom stereocenters. The van der Waals surface area contributed by atoms with E-state index < -0.39 is 10.0 Å². The fourth-order valence-corrected chi connectivity index (χ4v) is 6.56. The van der Waals surface area contributed by atoms with Gasteiger partial charge in [-0.15, -0.1) is 23.1 Å². The van der Waals surface area contributed by atoms with Crippen molar-refractivity contribution < 1.29 is 12.8 Å². The zero-order chi connectivity index (χ0) is 15.0. The third-order valence-electron chi connectivity index (χ3n) is 3.12. The fourth-order valence-electron chi connectivity index (χ4n) is 2.18. The van der Waals surface area contributed by atoms with E-state index >= 15 is 0 Å². The van der Waals surface area contributed by atoms with Gasteiger partial charge in [0.05, 0.1) is 3.79 Å². The topological polar surface area (TPSA) is 46.2 Å². The lowest BCUT2D eigenvalue weighted by atomic mass is 10.0. The predicted molar refractivity (Wildman–Crippen MR) is 86.8 cm³/mol. The Morgan fingerprint density at radius 2 is 2.10 bits per heavy atom. The van der Waals surface area contributed by atoms with Gasteiger partial charge >= 0.3 is 0 Å². The molecule has 3 rings (SSSR count). The third-order valence-corrected chi connectivity index (χ3v) is 7.83. The molecule has 0 bridgehead atoms. The molecule has 1 aliphatic heterocycles. The van der Waals surface area contributed by atoms with Crippen LogP contribution in [-0.4, -0.2) is 14.2 Å². The molecule has 0 fully saturated rings. The summed E-state index contributed by atoms with van der Waals surface area (Å²) in [5.74, 6) is 0.458. The van der Waals surface area contributed by atoms with Crippen LogP contribution in [0.3, 0.4) is 0 Å². The number of fused-ring (bicyclic) bond motifs is 1. The summed E-state index contributed by atoms with van der Waals surface area (Å²) in [4.78, 5) is 0.933. The maximum absolute atomic E-state index is 13.4. The summed E-state index contributed by atoms with van der Waals surface area (Å²) < 4.78 is 41.9. The molecule has 0 radical (unpaired) electrons. The summed E-state index contributed by atoms with van der Waals surface area (Å²) >= 11 is 6.03. The maximum atomic E-state index is 13.4. The van der Waals surface area contributed by atoms with Gasteiger partial charge in [-0.25, -0.2) is 17.5 Å². The molecular formula is C13H11BrFNO2S3. The van der Waals surface area contributed by atoms with Gasteiger partial charge in [0.25, 0.3) is 10.0 Å². The largest absolute Gasteiger partial charge is 0.250 e. The highest BCUT2D eigenvalue weighted by Gasteiger charge is 2.27. The number of thioether (sulfide) groups is 1. The number of hydrogen-bond acceptors (Lipinski definition) is 4. The van der Waals surface area contributed by atoms with Gasteiger partial charge in [-0.2, -0.15) is 0 Å². The molecule has 1 aliphatic rings. The molecule has 0 saturated heterocycles. The molecule has 0 saturated carbocycles. The number of halogens is 2. The van der Waals surface area contributed by atoms with Gasteiger partial charge in [0.1, 0.15) is 10.0 Å². The van der Waals surface area contributed by atoms with Gasteiger partial charge in [0.15, 0.2) is 0 Å². The van der Waals surface area contributed by atoms with Crippen LogP contribution in [0.4, 0.5) is 4.39 Å². The minimum atomic E-state index is -3.59. The van der Waals surface area contributed by atoms with E-state index in [9.17, 15) is 12.8 Å². The fraction of sp³-hybridized carbons (Fsp3) is 0.231. The highest BCUT2D eigenvalue weighted by atomic mass is 79.9. The molecule has 21 heavy (non-hydrogen) atoms. The average Bonchev–Trinajstić information content (AvgIpc) is 2.87. The highest BCUT2D eigenvalue weighted by Crippen LogP contribution is 2.37. The van der Waals surface area contributed by atoms with Crippen LogP contribution < -0.4 is 4.72 Å². The van der Waals surface area contributed by atoms with Crippen molar-refractivity contribution >= 4 is 49.1 Å². The summed E-state index contributed by atoms with van der Waals surface area (Å²) in [7, 11) is -3.59. The molecule has 1 unspecified atom stereocenters. The Bertz CT molecular complexity index is 775. The molecule has 1 aromatic carbocycles. The first-order valence-electron chi connectivity index (χ1n) is 6.15. The first-order valence-corrected chi connectivity index (χ1v) is 10.2. The van der Waals surface area contributed by atoms with Crippen molar-refractivity contribution in [3.63, 3.8) is 0 Å². The lowest BCUT2D eigenvalue weighted by Gasteiger charge is -2.25. The van der Waals surface area contributed by atoms with Gasteiger partial charge in [-0.05, 0) is 64.0 Å². The van der Waals surface area contributed by atoms with E-state index in [1.807, 2.05) is 0 Å². The average molecular weight is 408 g/mol. The first kappa shape index (κ1) is 15.5. The van der Waals surface area contributed by atoms with Crippen LogP contribution in [0.15, 0.2) is 43.2 Å². The van der Waals surface area contributed by atoms with Gasteiger partial charge in [-0.1, -0.05) is 0 Å². The summed E-state index contributed by atoms with van der Waals surface area (Å²) in [6.45, 7) is 0. The Kier molecular flexibility index (Phi) is 4.42. The lowest BCUT2D eigenvalue weighted by Crippen LogP contribution is -2.30. The molecule has 0 aliphatic carbocycles. The Morgan fingerprint density at radius 1 is 1.29 bits per heavy atom. The molecule has 1 N–H and O–H groups in total. The number of rotatable bonds is 3. The smallest absolute Gasteiger partial charge is 0.207 e. The first-order chi connectivity index (χ1) is 9.95. The Balaban J connectivity index is 1.91. The lowest BCUT2D eigenvalue weighted by molar-refractivity contribution is 0.543. The summed E-state index contributed by atoms with van der Waals surface area (Å²) in [5, 5.41) is 0. The second kappa shape index (κ2) is 6.00. The molecular weight excluding hydrogens is 397 g/mol. The Labute approximate surface area is 139 Å². The van der Waals surface area contributed by atoms with E-state index in [1.54, 1.807) is 30.0 Å². The van der Waals surface area contributed by atoms with Crippen molar-refractivity contribution in [3.05, 3.63) is 45.5 Å². The van der Waals surface area contributed by atoms with Crippen molar-refractivity contribution in [3.8, 4) is 0 Å². The standard InChI is InChI=1S/C13H11BrFNO2S3/c14-12-3-4-13(20-12)21(17,18)16-10-5-6-19-11-2-1-8(15)7-9(10)11/h1-4,7,10,16H,5-6H2. The molecule has 1 aromatic heterocycles. The number of thiophene rings is 1. The van der Waals surface area contributed by atoms with E-state index in [2.05, 4.69) is 20.7 Å². The van der Waals surface area contributed by atoms with E-state index in [0.717, 1.165) is 25.8 Å². The number of nitrogens with one attached hydrogen (secondary N) is 1. The number of sulfonamides is 1. The van der Waals surface area contributed by atoms with Crippen molar-refractivity contribution in [1.82, 2.24) is 4.72 Å². The minimum absolute atomic E-state index is 0.255. The SMILES string of the molecule is O=S(=O)(NC1CCSc2ccc(F)cc21)c1ccc(Br)s1. The Morgan fingerprint density at radius 3 is 2.81 bits per heavy atom. The normalized spacial score (nSPS) is 18.5. The molecule has 3 nitrogen and oxygen atoms in total. The summed E-state index contributed by atoms with van der Waals surface area (Å²) in [6.07, 6.45) is 0.646. The minimum Gasteiger partial charge on any atom is -0.207 e. The number of hydrogen-bond donors (Lipinski definition) is 1. The van der Waals surface area contributed by atoms with Crippen LogP contribution in [0.5, 0.6) is 0 Å². The van der Waals surface area contributed by atoms with E-state index in [-0.39, 0.29) is 16.1 Å². The molecule has 112 valence electrons. The van der Waals surface area contributed by atoms with Crippen LogP contribution in [0, 0.1) is 5.82 Å². The van der Waals surface area contributed by atoms with Crippen LogP contribution >= 0.6 is 39.0 Å². The van der Waals surface area contributed by atoms with Crippen LogP contribution in [0.2, 0.25) is 0 Å². The van der Waals surface area contributed by atoms with Crippen LogP contribution in [0.1, 0.15) is 18.0 Å². The third kappa shape index (κ3) is 3.34. The summed E-state index contributed by atoms with van der Waals surface area (Å²) in [5.41, 5.74) is 0.713. The predicted octanol–water partition coefficient (Wildman–Crippen LogP) is 4.17. The Hall–Kier alpha value is -0.410. The zero-order valence-corrected chi connectivity index (χ0v) is 14.7. The van der Waals surface area contributed by atoms with Gasteiger partial charge < -0.3 is 0 Å². The van der Waals surface area contributed by atoms with Gasteiger partial charge in [-0.3, -0.25) is 0 Å². The molecule has 2 aromatic rings. The molecule has 8 heteroatoms. The van der Waals surface area contributed by atoms with Crippen molar-refractivity contribution in [2.75, 3.05) is 5.75 Å². The molecule has 0 amide bonds. The van der Waals surface area contributed by atoms with E-state index in [1.165, 1.54) is 12.1 Å². The van der Waals surface area contributed by atoms with E-state index in [0.29, 0.717) is 12.0 Å². The highest BCUT2D eigenvalue weighted by molar-refractivity contribution is 9.11. The second-order valence-electron chi connectivity index (χ2n) is 4.55. The van der Waals surface area contributed by atoms with Crippen molar-refractivity contribution in [1.29, 1.82) is 0 Å². The number of benzene rings is 1. The molecule has 0 spiro atoms. The van der Waals surface area contributed by atoms with Gasteiger partial charge in [0, 0.05) is 10.9 Å². The van der Waals surface area contributed by atoms with Crippen LogP contribution in [0.25, 0.3) is 0 Å². The maximum Gasteiger partial charge on any atom is 0.250 e. The van der Waals surface area contributed by atoms with Crippen molar-refractivity contribution in [2.45, 2.75) is 21.6 Å². The van der Waals surface area contributed by atoms with Gasteiger partial charge in [0.2, 0.25) is 0 Å². The van der Waals surface area contributed by atoms with Crippen LogP contribution in [-0.2, 0) is 10.0 Å². The van der Waals surface area contributed by atoms with E-state index in [4.69, 9.17) is 0 Å². The second-order valence-corrected chi connectivity index (χ2v) is 10.1. The zero-order valence-electron chi connectivity index (χ0n) is 10.7. The summed E-state index contributed by atoms with van der Waals surface area (Å²) in [6, 6.07) is 7.39. The quantitative estimate of drug-likeness (QED) is 0.830.